The van der Waals surface area contributed by atoms with E-state index in [0.717, 1.165) is 140 Å². The van der Waals surface area contributed by atoms with Gasteiger partial charge in [-0.2, -0.15) is 0 Å². The third kappa shape index (κ3) is 10.3. The van der Waals surface area contributed by atoms with Gasteiger partial charge in [0.05, 0.1) is 11.4 Å². The fourth-order valence-corrected chi connectivity index (χ4v) is 17.3. The van der Waals surface area contributed by atoms with Crippen molar-refractivity contribution in [1.82, 2.24) is 0 Å². The van der Waals surface area contributed by atoms with E-state index >= 15 is 0 Å². The normalized spacial score (nSPS) is 12.4. The summed E-state index contributed by atoms with van der Waals surface area (Å²) in [6.07, 6.45) is 0. The van der Waals surface area contributed by atoms with Gasteiger partial charge < -0.3 is 14.2 Å². The summed E-state index contributed by atoms with van der Waals surface area (Å²) in [5, 5.41) is 7.03. The van der Waals surface area contributed by atoms with Gasteiger partial charge in [-0.05, 0) is 187 Å². The van der Waals surface area contributed by atoms with E-state index in [2.05, 4.69) is 407 Å². The Balaban J connectivity index is 0.971. The van der Waals surface area contributed by atoms with Crippen molar-refractivity contribution in [2.75, 3.05) is 9.80 Å². The molecule has 106 heavy (non-hydrogen) atoms. The maximum Gasteiger partial charge on any atom is 0.252 e. The van der Waals surface area contributed by atoms with Gasteiger partial charge in [0.2, 0.25) is 0 Å². The molecule has 3 heterocycles. The standard InChI is InChI=1S/C102H71BN2O/c1-102(2,3)77-64-92-99-93(65-77)105(101-86(70-40-19-8-20-41-70)60-76(67-34-13-5-14-35-67)61-87(101)71-42-21-9-22-43-71)91-63-74(97-81-48-27-25-46-79(81)96(72-44-23-10-24-45-72)80-47-26-28-49-82(80)97)54-56-88(91)103(99)89-62-73(78-51-31-53-95-98(78)83-50-29-30-52-94(83)106-95)55-57-90(89)104(92)100-84(68-36-15-6-16-37-68)58-75(66-32-11-4-12-33-66)59-85(100)69-38-17-7-18-39-69/h4-65H,1-3H3. The van der Waals surface area contributed by atoms with Gasteiger partial charge in [-0.3, -0.25) is 0 Å². The molecule has 18 aromatic rings. The quantitative estimate of drug-likeness (QED) is 0.0950. The summed E-state index contributed by atoms with van der Waals surface area (Å²) in [6, 6.07) is 140. The number of hydrogen-bond donors (Lipinski definition) is 0. The number of anilines is 6. The van der Waals surface area contributed by atoms with Crippen molar-refractivity contribution in [2.45, 2.75) is 26.2 Å². The van der Waals surface area contributed by atoms with Crippen molar-refractivity contribution >= 4 is 101 Å². The third-order valence-electron chi connectivity index (χ3n) is 22.2. The Morgan fingerprint density at radius 3 is 1.08 bits per heavy atom. The minimum atomic E-state index is -0.349. The van der Waals surface area contributed by atoms with Gasteiger partial charge in [0.1, 0.15) is 11.2 Å². The van der Waals surface area contributed by atoms with Crippen molar-refractivity contribution in [1.29, 1.82) is 0 Å². The molecule has 0 saturated heterocycles. The second-order valence-corrected chi connectivity index (χ2v) is 29.3. The summed E-state index contributed by atoms with van der Waals surface area (Å²) in [5.74, 6) is 0. The molecule has 3 nitrogen and oxygen atoms in total. The summed E-state index contributed by atoms with van der Waals surface area (Å²) in [4.78, 5) is 5.42. The summed E-state index contributed by atoms with van der Waals surface area (Å²) in [7, 11) is 0. The lowest BCUT2D eigenvalue weighted by atomic mass is 9.33. The lowest BCUT2D eigenvalue weighted by Crippen LogP contribution is -2.61. The maximum atomic E-state index is 6.74. The maximum absolute atomic E-state index is 6.74. The monoisotopic (exact) mass is 1350 g/mol. The average Bonchev–Trinajstić information content (AvgIpc) is 0.743. The summed E-state index contributed by atoms with van der Waals surface area (Å²) in [5.41, 5.74) is 33.5. The van der Waals surface area contributed by atoms with Crippen LogP contribution in [0, 0.1) is 0 Å². The predicted octanol–water partition coefficient (Wildman–Crippen LogP) is 26.3. The highest BCUT2D eigenvalue weighted by atomic mass is 16.3. The van der Waals surface area contributed by atoms with Gasteiger partial charge in [0.15, 0.2) is 0 Å². The van der Waals surface area contributed by atoms with Crippen LogP contribution >= 0.6 is 0 Å². The minimum Gasteiger partial charge on any atom is -0.456 e. The van der Waals surface area contributed by atoms with E-state index in [1.54, 1.807) is 0 Å². The Labute approximate surface area is 618 Å². The molecule has 0 amide bonds. The van der Waals surface area contributed by atoms with Crippen LogP contribution in [0.2, 0.25) is 0 Å². The molecule has 2 aliphatic rings. The number of hydrogen-bond acceptors (Lipinski definition) is 3. The van der Waals surface area contributed by atoms with Crippen LogP contribution < -0.4 is 26.2 Å². The number of para-hydroxylation sites is 1. The summed E-state index contributed by atoms with van der Waals surface area (Å²) < 4.78 is 6.74. The van der Waals surface area contributed by atoms with Crippen LogP contribution in [0.3, 0.4) is 0 Å². The van der Waals surface area contributed by atoms with Crippen molar-refractivity contribution < 1.29 is 4.42 Å². The van der Waals surface area contributed by atoms with Crippen molar-refractivity contribution in [2.24, 2.45) is 0 Å². The fourth-order valence-electron chi connectivity index (χ4n) is 17.3. The zero-order valence-electron chi connectivity index (χ0n) is 59.2. The van der Waals surface area contributed by atoms with Crippen LogP contribution in [0.4, 0.5) is 34.1 Å². The fraction of sp³-hybridized carbons (Fsp3) is 0.0392. The van der Waals surface area contributed by atoms with Crippen molar-refractivity contribution in [3.63, 3.8) is 0 Å². The van der Waals surface area contributed by atoms with Gasteiger partial charge in [-0.1, -0.05) is 336 Å². The van der Waals surface area contributed by atoms with E-state index in [9.17, 15) is 0 Å². The molecule has 17 aromatic carbocycles. The zero-order valence-corrected chi connectivity index (χ0v) is 59.2. The largest absolute Gasteiger partial charge is 0.456 e. The van der Waals surface area contributed by atoms with E-state index < -0.39 is 0 Å². The molecule has 20 rings (SSSR count). The average molecular weight is 1350 g/mol. The van der Waals surface area contributed by atoms with E-state index in [1.165, 1.54) is 60.2 Å². The van der Waals surface area contributed by atoms with Gasteiger partial charge >= 0.3 is 0 Å². The first-order valence-corrected chi connectivity index (χ1v) is 36.9. The molecule has 0 aliphatic carbocycles. The second kappa shape index (κ2) is 25.3. The van der Waals surface area contributed by atoms with E-state index in [1.807, 2.05) is 0 Å². The second-order valence-electron chi connectivity index (χ2n) is 29.3. The van der Waals surface area contributed by atoms with Gasteiger partial charge in [-0.15, -0.1) is 0 Å². The lowest BCUT2D eigenvalue weighted by molar-refractivity contribution is 0.590. The molecular formula is C102H71BN2O. The molecule has 4 heteroatoms. The van der Waals surface area contributed by atoms with Gasteiger partial charge in [0, 0.05) is 55.8 Å². The number of rotatable bonds is 11. The molecule has 0 N–H and O–H groups in total. The van der Waals surface area contributed by atoms with Crippen LogP contribution in [-0.4, -0.2) is 6.71 Å². The molecular weight excluding hydrogens is 1280 g/mol. The zero-order chi connectivity index (χ0) is 70.6. The number of benzene rings is 17. The Bertz CT molecular complexity index is 6290. The first-order valence-electron chi connectivity index (χ1n) is 36.9. The lowest BCUT2D eigenvalue weighted by Gasteiger charge is -2.46. The molecule has 0 unspecified atom stereocenters. The third-order valence-corrected chi connectivity index (χ3v) is 22.2. The molecule has 0 fully saturated rings. The first-order chi connectivity index (χ1) is 52.3. The van der Waals surface area contributed by atoms with Crippen LogP contribution in [0.25, 0.3) is 144 Å². The highest BCUT2D eigenvalue weighted by Gasteiger charge is 2.46. The number of nitrogens with zero attached hydrogens (tertiary/aromatic N) is 2. The Morgan fingerprint density at radius 2 is 0.623 bits per heavy atom. The smallest absolute Gasteiger partial charge is 0.252 e. The van der Waals surface area contributed by atoms with Crippen molar-refractivity contribution in [3.8, 4) is 100 Å². The summed E-state index contributed by atoms with van der Waals surface area (Å²) >= 11 is 0. The molecule has 0 bridgehead atoms. The molecule has 0 spiro atoms. The molecule has 0 atom stereocenters. The highest BCUT2D eigenvalue weighted by Crippen LogP contribution is 2.56. The molecule has 498 valence electrons. The topological polar surface area (TPSA) is 19.6 Å². The molecule has 0 radical (unpaired) electrons. The Hall–Kier alpha value is -13.3. The van der Waals surface area contributed by atoms with Gasteiger partial charge in [-0.25, -0.2) is 0 Å². The SMILES string of the molecule is CC(C)(C)c1cc2c3c(c1)N(c1c(-c4ccccc4)cc(-c4ccccc4)cc1-c1ccccc1)c1cc(-c4c5ccccc5c(-c5ccccc5)c5ccccc45)ccc1B3c1cc(-c3cccc4oc5ccccc5c34)ccc1N2c1c(-c2ccccc2)cc(-c2ccccc2)cc1-c1ccccc1. The van der Waals surface area contributed by atoms with Gasteiger partial charge in [0.25, 0.3) is 6.71 Å². The Morgan fingerprint density at radius 1 is 0.245 bits per heavy atom. The van der Waals surface area contributed by atoms with Crippen LogP contribution in [0.5, 0.6) is 0 Å². The first kappa shape index (κ1) is 62.5. The van der Waals surface area contributed by atoms with Crippen LogP contribution in [0.15, 0.2) is 381 Å². The molecule has 1 aromatic heterocycles. The summed E-state index contributed by atoms with van der Waals surface area (Å²) in [6.45, 7) is 6.87. The number of fused-ring (bicyclic) bond motifs is 9. The van der Waals surface area contributed by atoms with E-state index in [-0.39, 0.29) is 12.1 Å². The molecule has 2 aliphatic heterocycles. The molecule has 0 saturated carbocycles. The highest BCUT2D eigenvalue weighted by molar-refractivity contribution is 7.00. The van der Waals surface area contributed by atoms with E-state index in [4.69, 9.17) is 4.42 Å². The van der Waals surface area contributed by atoms with Crippen LogP contribution in [-0.2, 0) is 5.41 Å². The number of furan rings is 1. The minimum absolute atomic E-state index is 0.298. The Kier molecular flexibility index (Phi) is 14.9. The predicted molar refractivity (Wildman–Crippen MR) is 450 cm³/mol. The van der Waals surface area contributed by atoms with Crippen LogP contribution in [0.1, 0.15) is 26.3 Å². The van der Waals surface area contributed by atoms with E-state index in [0.29, 0.717) is 0 Å². The van der Waals surface area contributed by atoms with Crippen molar-refractivity contribution in [3.05, 3.63) is 382 Å².